The van der Waals surface area contributed by atoms with Gasteiger partial charge in [-0.3, -0.25) is 0 Å². The molecule has 0 aliphatic rings. The van der Waals surface area contributed by atoms with Gasteiger partial charge in [-0.1, -0.05) is 37.4 Å². The normalized spacial score (nSPS) is 10.8. The number of hydrogen-bond donors (Lipinski definition) is 1. The lowest BCUT2D eigenvalue weighted by Gasteiger charge is -2.08. The molecule has 2 N–H and O–H groups in total. The van der Waals surface area contributed by atoms with Crippen molar-refractivity contribution in [3.63, 3.8) is 0 Å². The van der Waals surface area contributed by atoms with Gasteiger partial charge >= 0.3 is 0 Å². The highest BCUT2D eigenvalue weighted by Gasteiger charge is 2.14. The Morgan fingerprint density at radius 3 is 2.89 bits per heavy atom. The Morgan fingerprint density at radius 2 is 2.17 bits per heavy atom. The van der Waals surface area contributed by atoms with E-state index >= 15 is 0 Å². The number of nitrogens with zero attached hydrogens (tertiary/aromatic N) is 4. The molecule has 0 amide bonds. The molecule has 1 aromatic heterocycles. The first-order valence-electron chi connectivity index (χ1n) is 6.04. The maximum Gasteiger partial charge on any atom is 0.185 e. The Hall–Kier alpha value is -1.62. The van der Waals surface area contributed by atoms with Crippen LogP contribution in [0.25, 0.3) is 11.4 Å². The van der Waals surface area contributed by atoms with Gasteiger partial charge < -0.3 is 5.73 Å². The van der Waals surface area contributed by atoms with Gasteiger partial charge in [0.1, 0.15) is 0 Å². The van der Waals surface area contributed by atoms with Gasteiger partial charge in [-0.2, -0.15) is 0 Å². The Balaban J connectivity index is 2.31. The quantitative estimate of drug-likeness (QED) is 0.667. The average Bonchev–Trinajstić information content (AvgIpc) is 2.78. The molecule has 1 heterocycles. The Bertz CT molecular complexity index is 503. The summed E-state index contributed by atoms with van der Waals surface area (Å²) in [6, 6.07) is 5.40. The summed E-state index contributed by atoms with van der Waals surface area (Å²) in [5.41, 5.74) is 7.24. The number of anilines is 1. The molecule has 6 heteroatoms. The third-order valence-corrected chi connectivity index (χ3v) is 3.09. The number of aromatic nitrogens is 4. The molecule has 1 aromatic carbocycles. The summed E-state index contributed by atoms with van der Waals surface area (Å²) in [6.07, 6.45) is 3.35. The number of rotatable bonds is 5. The van der Waals surface area contributed by atoms with Gasteiger partial charge in [0.2, 0.25) is 0 Å². The number of hydrogen-bond acceptors (Lipinski definition) is 4. The van der Waals surface area contributed by atoms with Crippen molar-refractivity contribution in [2.24, 2.45) is 0 Å². The van der Waals surface area contributed by atoms with Crippen molar-refractivity contribution in [3.05, 3.63) is 23.2 Å². The van der Waals surface area contributed by atoms with Crippen LogP contribution < -0.4 is 5.73 Å². The monoisotopic (exact) mass is 265 g/mol. The van der Waals surface area contributed by atoms with Gasteiger partial charge in [0.15, 0.2) is 5.82 Å². The van der Waals surface area contributed by atoms with Crippen molar-refractivity contribution in [2.45, 2.75) is 32.7 Å². The molecule has 96 valence electrons. The van der Waals surface area contributed by atoms with E-state index in [2.05, 4.69) is 22.4 Å². The van der Waals surface area contributed by atoms with Gasteiger partial charge in [-0.15, -0.1) is 5.10 Å². The van der Waals surface area contributed by atoms with Gasteiger partial charge in [-0.25, -0.2) is 4.68 Å². The van der Waals surface area contributed by atoms with E-state index < -0.39 is 0 Å². The number of nitrogen functional groups attached to an aromatic ring is 1. The predicted molar refractivity (Wildman–Crippen MR) is 72.2 cm³/mol. The number of halogens is 1. The number of aryl methyl sites for hydroxylation is 1. The molecular formula is C12H16ClN5. The van der Waals surface area contributed by atoms with Crippen LogP contribution in [0.1, 0.15) is 26.2 Å². The van der Waals surface area contributed by atoms with Crippen molar-refractivity contribution in [3.8, 4) is 11.4 Å². The molecule has 0 saturated carbocycles. The topological polar surface area (TPSA) is 69.6 Å². The van der Waals surface area contributed by atoms with Gasteiger partial charge in [0.05, 0.1) is 10.6 Å². The van der Waals surface area contributed by atoms with Crippen molar-refractivity contribution in [1.29, 1.82) is 0 Å². The van der Waals surface area contributed by atoms with Crippen molar-refractivity contribution in [2.75, 3.05) is 5.73 Å². The van der Waals surface area contributed by atoms with Crippen LogP contribution in [0.5, 0.6) is 0 Å². The lowest BCUT2D eigenvalue weighted by molar-refractivity contribution is 0.541. The van der Waals surface area contributed by atoms with E-state index in [0.29, 0.717) is 22.1 Å². The third kappa shape index (κ3) is 2.61. The molecule has 0 fully saturated rings. The summed E-state index contributed by atoms with van der Waals surface area (Å²) in [7, 11) is 0. The number of tetrazole rings is 1. The zero-order valence-electron chi connectivity index (χ0n) is 10.3. The molecule has 0 aliphatic heterocycles. The molecule has 5 nitrogen and oxygen atoms in total. The summed E-state index contributed by atoms with van der Waals surface area (Å²) >= 11 is 6.17. The highest BCUT2D eigenvalue weighted by Crippen LogP contribution is 2.31. The molecule has 2 rings (SSSR count). The number of unbranched alkanes of at least 4 members (excludes halogenated alkanes) is 2. The van der Waals surface area contributed by atoms with Crippen molar-refractivity contribution in [1.82, 2.24) is 20.2 Å². The molecule has 18 heavy (non-hydrogen) atoms. The summed E-state index contributed by atoms with van der Waals surface area (Å²) in [4.78, 5) is 0. The van der Waals surface area contributed by atoms with Crippen LogP contribution in [0.2, 0.25) is 5.02 Å². The third-order valence-electron chi connectivity index (χ3n) is 2.77. The van der Waals surface area contributed by atoms with Crippen LogP contribution in [0.15, 0.2) is 18.2 Å². The maximum absolute atomic E-state index is 6.17. The van der Waals surface area contributed by atoms with E-state index in [-0.39, 0.29) is 0 Å². The fourth-order valence-corrected chi connectivity index (χ4v) is 2.09. The van der Waals surface area contributed by atoms with E-state index in [4.69, 9.17) is 17.3 Å². The van der Waals surface area contributed by atoms with E-state index in [1.165, 1.54) is 0 Å². The average molecular weight is 266 g/mol. The Labute approximate surface area is 111 Å². The SMILES string of the molecule is CCCCCn1nnnc1-c1c(N)cccc1Cl. The Morgan fingerprint density at radius 1 is 1.33 bits per heavy atom. The minimum absolute atomic E-state index is 0.571. The molecule has 2 aromatic rings. The van der Waals surface area contributed by atoms with Crippen LogP contribution in [0.4, 0.5) is 5.69 Å². The standard InChI is InChI=1S/C12H16ClN5/c1-2-3-4-8-18-12(15-16-17-18)11-9(13)6-5-7-10(11)14/h5-7H,2-4,8,14H2,1H3. The zero-order valence-corrected chi connectivity index (χ0v) is 11.1. The number of benzene rings is 1. The van der Waals surface area contributed by atoms with Crippen LogP contribution in [-0.2, 0) is 6.54 Å². The van der Waals surface area contributed by atoms with Crippen molar-refractivity contribution >= 4 is 17.3 Å². The lowest BCUT2D eigenvalue weighted by atomic mass is 10.1. The summed E-state index contributed by atoms with van der Waals surface area (Å²) < 4.78 is 1.76. The molecule has 0 aliphatic carbocycles. The highest BCUT2D eigenvalue weighted by atomic mass is 35.5. The first-order valence-corrected chi connectivity index (χ1v) is 6.42. The largest absolute Gasteiger partial charge is 0.398 e. The van der Waals surface area contributed by atoms with E-state index in [0.717, 1.165) is 25.8 Å². The first-order chi connectivity index (χ1) is 8.74. The van der Waals surface area contributed by atoms with Crippen molar-refractivity contribution < 1.29 is 0 Å². The second kappa shape index (κ2) is 5.82. The number of nitrogens with two attached hydrogens (primary N) is 1. The molecule has 0 saturated heterocycles. The first kappa shape index (κ1) is 12.8. The second-order valence-electron chi connectivity index (χ2n) is 4.14. The van der Waals surface area contributed by atoms with Crippen LogP contribution >= 0.6 is 11.6 Å². The lowest BCUT2D eigenvalue weighted by Crippen LogP contribution is -2.04. The highest BCUT2D eigenvalue weighted by molar-refractivity contribution is 6.33. The molecule has 0 atom stereocenters. The fraction of sp³-hybridized carbons (Fsp3) is 0.417. The molecule has 0 unspecified atom stereocenters. The fourth-order valence-electron chi connectivity index (χ4n) is 1.82. The van der Waals surface area contributed by atoms with Crippen LogP contribution in [0.3, 0.4) is 0 Å². The molecule has 0 radical (unpaired) electrons. The Kier molecular flexibility index (Phi) is 4.15. The summed E-state index contributed by atoms with van der Waals surface area (Å²) in [5.74, 6) is 0.634. The summed E-state index contributed by atoms with van der Waals surface area (Å²) in [6.45, 7) is 2.94. The minimum Gasteiger partial charge on any atom is -0.398 e. The molecule has 0 bridgehead atoms. The van der Waals surface area contributed by atoms with E-state index in [1.807, 2.05) is 6.07 Å². The summed E-state index contributed by atoms with van der Waals surface area (Å²) in [5, 5.41) is 12.3. The smallest absolute Gasteiger partial charge is 0.185 e. The second-order valence-corrected chi connectivity index (χ2v) is 4.54. The zero-order chi connectivity index (χ0) is 13.0. The van der Waals surface area contributed by atoms with Gasteiger partial charge in [0.25, 0.3) is 0 Å². The predicted octanol–water partition coefficient (Wildman–Crippen LogP) is 2.77. The molecular weight excluding hydrogens is 250 g/mol. The van der Waals surface area contributed by atoms with E-state index in [1.54, 1.807) is 16.8 Å². The minimum atomic E-state index is 0.571. The van der Waals surface area contributed by atoms with Gasteiger partial charge in [0, 0.05) is 12.2 Å². The van der Waals surface area contributed by atoms with E-state index in [9.17, 15) is 0 Å². The molecule has 0 spiro atoms. The maximum atomic E-state index is 6.17. The van der Waals surface area contributed by atoms with Crippen LogP contribution in [0, 0.1) is 0 Å². The van der Waals surface area contributed by atoms with Crippen LogP contribution in [-0.4, -0.2) is 20.2 Å². The van der Waals surface area contributed by atoms with Gasteiger partial charge in [-0.05, 0) is 29.0 Å².